The fraction of sp³-hybridized carbons (Fsp3) is 0.222. The quantitative estimate of drug-likeness (QED) is 0.479. The maximum Gasteiger partial charge on any atom is 0.338 e. The van der Waals surface area contributed by atoms with Crippen molar-refractivity contribution >= 4 is 17.6 Å². The van der Waals surface area contributed by atoms with Crippen LogP contribution in [0.4, 0.5) is 18.9 Å². The minimum absolute atomic E-state index is 0.263. The first-order valence-electron chi connectivity index (χ1n) is 7.66. The number of ether oxygens (including phenoxy) is 1. The average molecular weight is 351 g/mol. The molecule has 0 fully saturated rings. The van der Waals surface area contributed by atoms with Gasteiger partial charge in [0, 0.05) is 5.69 Å². The molecule has 0 aliphatic heterocycles. The number of hydrogen-bond acceptors (Lipinski definition) is 3. The van der Waals surface area contributed by atoms with E-state index >= 15 is 0 Å². The molecule has 0 saturated heterocycles. The summed E-state index contributed by atoms with van der Waals surface area (Å²) in [6.45, 7) is 2.30. The molecule has 25 heavy (non-hydrogen) atoms. The molecule has 1 N–H and O–H groups in total. The molecule has 2 aromatic rings. The molecule has 0 saturated carbocycles. The highest BCUT2D eigenvalue weighted by atomic mass is 19.2. The van der Waals surface area contributed by atoms with Gasteiger partial charge in [0.15, 0.2) is 17.5 Å². The van der Waals surface area contributed by atoms with E-state index in [9.17, 15) is 22.8 Å². The van der Waals surface area contributed by atoms with E-state index in [1.165, 1.54) is 24.3 Å². The van der Waals surface area contributed by atoms with E-state index in [1.807, 2.05) is 6.92 Å². The number of carbonyl (C=O) groups is 2. The van der Waals surface area contributed by atoms with E-state index < -0.39 is 34.9 Å². The Bertz CT molecular complexity index is 776. The highest BCUT2D eigenvalue weighted by molar-refractivity contribution is 6.04. The molecule has 0 atom stereocenters. The number of carbonyl (C=O) groups excluding carboxylic acids is 2. The van der Waals surface area contributed by atoms with Gasteiger partial charge in [0.05, 0.1) is 17.7 Å². The highest BCUT2D eigenvalue weighted by Crippen LogP contribution is 2.17. The number of benzene rings is 2. The summed E-state index contributed by atoms with van der Waals surface area (Å²) in [6.07, 6.45) is 1.67. The van der Waals surface area contributed by atoms with Gasteiger partial charge in [-0.1, -0.05) is 13.3 Å². The number of amides is 1. The Balaban J connectivity index is 2.05. The summed E-state index contributed by atoms with van der Waals surface area (Å²) >= 11 is 0. The predicted molar refractivity (Wildman–Crippen MR) is 85.9 cm³/mol. The van der Waals surface area contributed by atoms with E-state index in [0.717, 1.165) is 18.9 Å². The van der Waals surface area contributed by atoms with Crippen LogP contribution in [0.3, 0.4) is 0 Å². The van der Waals surface area contributed by atoms with Gasteiger partial charge in [-0.2, -0.15) is 0 Å². The summed E-state index contributed by atoms with van der Waals surface area (Å²) in [4.78, 5) is 23.7. The van der Waals surface area contributed by atoms with Crippen LogP contribution in [0.5, 0.6) is 0 Å². The second kappa shape index (κ2) is 8.32. The standard InChI is InChI=1S/C18H16F3NO3/c1-2-3-10-25-18(24)11-4-6-12(7-5-11)22-17(23)13-8-9-14(19)16(21)15(13)20/h4-9H,2-3,10H2,1H3,(H,22,23). The number of halogens is 3. The molecule has 0 bridgehead atoms. The van der Waals surface area contributed by atoms with Crippen molar-refractivity contribution in [1.29, 1.82) is 0 Å². The van der Waals surface area contributed by atoms with E-state index in [4.69, 9.17) is 4.74 Å². The number of nitrogens with one attached hydrogen (secondary N) is 1. The van der Waals surface area contributed by atoms with Gasteiger partial charge >= 0.3 is 5.97 Å². The first-order chi connectivity index (χ1) is 11.9. The Hall–Kier alpha value is -2.83. The van der Waals surface area contributed by atoms with Crippen molar-refractivity contribution < 1.29 is 27.5 Å². The van der Waals surface area contributed by atoms with Crippen molar-refractivity contribution in [3.8, 4) is 0 Å². The molecule has 2 rings (SSSR count). The molecular weight excluding hydrogens is 335 g/mol. The van der Waals surface area contributed by atoms with Gasteiger partial charge in [0.2, 0.25) is 0 Å². The van der Waals surface area contributed by atoms with Crippen LogP contribution in [-0.2, 0) is 4.74 Å². The second-order valence-electron chi connectivity index (χ2n) is 5.24. The molecule has 0 radical (unpaired) electrons. The zero-order valence-corrected chi connectivity index (χ0v) is 13.4. The molecule has 0 spiro atoms. The average Bonchev–Trinajstić information content (AvgIpc) is 2.60. The Morgan fingerprint density at radius 3 is 2.32 bits per heavy atom. The largest absolute Gasteiger partial charge is 0.462 e. The Labute approximate surface area is 142 Å². The van der Waals surface area contributed by atoms with E-state index in [-0.39, 0.29) is 5.69 Å². The van der Waals surface area contributed by atoms with Gasteiger partial charge in [-0.15, -0.1) is 0 Å². The summed E-state index contributed by atoms with van der Waals surface area (Å²) < 4.78 is 44.7. The van der Waals surface area contributed by atoms with Crippen LogP contribution in [0.1, 0.15) is 40.5 Å². The molecule has 0 aromatic heterocycles. The van der Waals surface area contributed by atoms with Gasteiger partial charge in [0.25, 0.3) is 5.91 Å². The van der Waals surface area contributed by atoms with Crippen molar-refractivity contribution in [2.75, 3.05) is 11.9 Å². The van der Waals surface area contributed by atoms with Crippen LogP contribution in [0, 0.1) is 17.5 Å². The molecule has 0 aliphatic rings. The van der Waals surface area contributed by atoms with Crippen LogP contribution < -0.4 is 5.32 Å². The zero-order valence-electron chi connectivity index (χ0n) is 13.4. The number of hydrogen-bond donors (Lipinski definition) is 1. The molecule has 0 unspecified atom stereocenters. The third kappa shape index (κ3) is 4.59. The van der Waals surface area contributed by atoms with Crippen LogP contribution in [-0.4, -0.2) is 18.5 Å². The lowest BCUT2D eigenvalue weighted by Crippen LogP contribution is -2.15. The smallest absolute Gasteiger partial charge is 0.338 e. The normalized spacial score (nSPS) is 10.4. The minimum atomic E-state index is -1.71. The van der Waals surface area contributed by atoms with Crippen molar-refractivity contribution in [1.82, 2.24) is 0 Å². The SMILES string of the molecule is CCCCOC(=O)c1ccc(NC(=O)c2ccc(F)c(F)c2F)cc1. The maximum absolute atomic E-state index is 13.6. The van der Waals surface area contributed by atoms with Gasteiger partial charge in [-0.25, -0.2) is 18.0 Å². The van der Waals surface area contributed by atoms with Crippen LogP contribution >= 0.6 is 0 Å². The summed E-state index contributed by atoms with van der Waals surface area (Å²) in [7, 11) is 0. The highest BCUT2D eigenvalue weighted by Gasteiger charge is 2.19. The minimum Gasteiger partial charge on any atom is -0.462 e. The third-order valence-corrected chi connectivity index (χ3v) is 3.39. The van der Waals surface area contributed by atoms with Crippen LogP contribution in [0.25, 0.3) is 0 Å². The monoisotopic (exact) mass is 351 g/mol. The lowest BCUT2D eigenvalue weighted by molar-refractivity contribution is 0.0499. The number of unbranched alkanes of at least 4 members (excludes halogenated alkanes) is 1. The third-order valence-electron chi connectivity index (χ3n) is 3.39. The Kier molecular flexibility index (Phi) is 6.16. The number of esters is 1. The summed E-state index contributed by atoms with van der Waals surface area (Å²) in [5.74, 6) is -6.07. The summed E-state index contributed by atoms with van der Waals surface area (Å²) in [5.41, 5.74) is -0.0608. The van der Waals surface area contributed by atoms with E-state index in [2.05, 4.69) is 5.32 Å². The zero-order chi connectivity index (χ0) is 18.4. The summed E-state index contributed by atoms with van der Waals surface area (Å²) in [6, 6.07) is 7.24. The van der Waals surface area contributed by atoms with Crippen molar-refractivity contribution in [3.63, 3.8) is 0 Å². The van der Waals surface area contributed by atoms with Gasteiger partial charge < -0.3 is 10.1 Å². The molecule has 4 nitrogen and oxygen atoms in total. The first kappa shape index (κ1) is 18.5. The fourth-order valence-corrected chi connectivity index (χ4v) is 1.98. The molecule has 0 aliphatic carbocycles. The lowest BCUT2D eigenvalue weighted by Gasteiger charge is -2.08. The van der Waals surface area contributed by atoms with Crippen LogP contribution in [0.15, 0.2) is 36.4 Å². The molecule has 7 heteroatoms. The van der Waals surface area contributed by atoms with Gasteiger partial charge in [-0.05, 0) is 42.8 Å². The topological polar surface area (TPSA) is 55.4 Å². The van der Waals surface area contributed by atoms with Gasteiger partial charge in [0.1, 0.15) is 0 Å². The van der Waals surface area contributed by atoms with E-state index in [0.29, 0.717) is 18.2 Å². The molecule has 2 aromatic carbocycles. The van der Waals surface area contributed by atoms with Crippen molar-refractivity contribution in [2.24, 2.45) is 0 Å². The lowest BCUT2D eigenvalue weighted by atomic mass is 10.1. The second-order valence-corrected chi connectivity index (χ2v) is 5.24. The predicted octanol–water partition coefficient (Wildman–Crippen LogP) is 4.31. The summed E-state index contributed by atoms with van der Waals surface area (Å²) in [5, 5.41) is 2.34. The molecule has 0 heterocycles. The maximum atomic E-state index is 13.6. The molecular formula is C18H16F3NO3. The first-order valence-corrected chi connectivity index (χ1v) is 7.66. The Morgan fingerprint density at radius 1 is 1.00 bits per heavy atom. The van der Waals surface area contributed by atoms with Gasteiger partial charge in [-0.3, -0.25) is 4.79 Å². The van der Waals surface area contributed by atoms with Crippen molar-refractivity contribution in [2.45, 2.75) is 19.8 Å². The molecule has 1 amide bonds. The number of anilines is 1. The fourth-order valence-electron chi connectivity index (χ4n) is 1.98. The van der Waals surface area contributed by atoms with E-state index in [1.54, 1.807) is 0 Å². The van der Waals surface area contributed by atoms with Crippen molar-refractivity contribution in [3.05, 3.63) is 65.0 Å². The molecule has 132 valence electrons. The Morgan fingerprint density at radius 2 is 1.68 bits per heavy atom. The van der Waals surface area contributed by atoms with Crippen LogP contribution in [0.2, 0.25) is 0 Å². The number of rotatable bonds is 6.